The Morgan fingerprint density at radius 2 is 1.81 bits per heavy atom. The van der Waals surface area contributed by atoms with E-state index in [0.717, 1.165) is 31.8 Å². The van der Waals surface area contributed by atoms with Crippen LogP contribution in [-0.2, 0) is 0 Å². The highest BCUT2D eigenvalue weighted by Gasteiger charge is 2.11. The molecule has 0 atom stereocenters. The van der Waals surface area contributed by atoms with E-state index in [4.69, 9.17) is 0 Å². The molecule has 0 aliphatic heterocycles. The quantitative estimate of drug-likeness (QED) is 0.431. The number of aromatic nitrogens is 3. The van der Waals surface area contributed by atoms with Gasteiger partial charge in [0.05, 0.1) is 15.6 Å². The molecule has 0 bridgehead atoms. The second-order valence-corrected chi connectivity index (χ2v) is 7.84. The van der Waals surface area contributed by atoms with Gasteiger partial charge in [-0.25, -0.2) is 9.38 Å². The van der Waals surface area contributed by atoms with Crippen molar-refractivity contribution in [3.63, 3.8) is 0 Å². The number of fused-ring (bicyclic) bond motifs is 3. The van der Waals surface area contributed by atoms with Crippen LogP contribution in [0.1, 0.15) is 5.69 Å². The fraction of sp³-hybridized carbons (Fsp3) is 0. The van der Waals surface area contributed by atoms with Crippen LogP contribution in [0, 0.1) is 0 Å². The molecule has 0 saturated carbocycles. The monoisotopic (exact) mass is 421 g/mol. The summed E-state index contributed by atoms with van der Waals surface area (Å²) < 4.78 is 5.47. The van der Waals surface area contributed by atoms with Crippen molar-refractivity contribution in [3.8, 4) is 5.69 Å². The Balaban J connectivity index is 1.71. The van der Waals surface area contributed by atoms with Crippen LogP contribution < -0.4 is 10.1 Å². The van der Waals surface area contributed by atoms with Gasteiger partial charge in [-0.05, 0) is 54.6 Å². The highest BCUT2D eigenvalue weighted by Crippen LogP contribution is 2.18. The van der Waals surface area contributed by atoms with Gasteiger partial charge in [0.25, 0.3) is 5.56 Å². The normalized spacial score (nSPS) is 12.4. The van der Waals surface area contributed by atoms with Crippen LogP contribution in [0.4, 0.5) is 0 Å². The summed E-state index contributed by atoms with van der Waals surface area (Å²) in [7, 11) is 0. The first-order chi connectivity index (χ1) is 12.7. The molecule has 3 aromatic heterocycles. The van der Waals surface area contributed by atoms with Crippen LogP contribution in [0.25, 0.3) is 27.8 Å². The van der Waals surface area contributed by atoms with Gasteiger partial charge < -0.3 is 4.57 Å². The highest BCUT2D eigenvalue weighted by atomic mass is 79.9. The maximum Gasteiger partial charge on any atom is 0.275 e. The van der Waals surface area contributed by atoms with E-state index < -0.39 is 0 Å². The van der Waals surface area contributed by atoms with Gasteiger partial charge in [0.1, 0.15) is 0 Å². The number of nitrogens with zero attached hydrogens (tertiary/aromatic N) is 3. The average molecular weight is 422 g/mol. The Kier molecular flexibility index (Phi) is 3.55. The number of rotatable bonds is 2. The number of para-hydroxylation sites is 2. The van der Waals surface area contributed by atoms with Gasteiger partial charge in [0.2, 0.25) is 0 Å². The lowest BCUT2D eigenvalue weighted by Gasteiger charge is -2.06. The predicted octanol–water partition coefficient (Wildman–Crippen LogP) is 4.01. The van der Waals surface area contributed by atoms with Gasteiger partial charge in [-0.1, -0.05) is 39.4 Å². The highest BCUT2D eigenvalue weighted by molar-refractivity contribution is 9.10. The molecule has 5 aromatic rings. The van der Waals surface area contributed by atoms with Crippen molar-refractivity contribution in [3.05, 3.63) is 91.9 Å². The van der Waals surface area contributed by atoms with Gasteiger partial charge in [0, 0.05) is 22.1 Å². The minimum absolute atomic E-state index is 0.0257. The Bertz CT molecular complexity index is 1360. The van der Waals surface area contributed by atoms with Crippen molar-refractivity contribution < 1.29 is 0 Å². The number of hydrogen-bond acceptors (Lipinski definition) is 3. The summed E-state index contributed by atoms with van der Waals surface area (Å²) in [5.74, 6) is 0. The minimum Gasteiger partial charge on any atom is -0.317 e. The third kappa shape index (κ3) is 2.41. The molecule has 0 amide bonds. The van der Waals surface area contributed by atoms with Crippen molar-refractivity contribution in [2.45, 2.75) is 0 Å². The maximum absolute atomic E-state index is 12.9. The molecule has 4 nitrogen and oxygen atoms in total. The van der Waals surface area contributed by atoms with E-state index in [0.29, 0.717) is 4.53 Å². The Hall–Kier alpha value is -2.70. The molecular formula is C20H12BrN3OS. The fourth-order valence-corrected chi connectivity index (χ4v) is 4.33. The van der Waals surface area contributed by atoms with Crippen LogP contribution in [0.5, 0.6) is 0 Å². The van der Waals surface area contributed by atoms with Crippen LogP contribution in [0.15, 0.2) is 76.1 Å². The van der Waals surface area contributed by atoms with Gasteiger partial charge >= 0.3 is 0 Å². The van der Waals surface area contributed by atoms with Crippen molar-refractivity contribution in [2.75, 3.05) is 0 Å². The van der Waals surface area contributed by atoms with Crippen molar-refractivity contribution in [1.29, 1.82) is 0 Å². The van der Waals surface area contributed by atoms with E-state index in [1.54, 1.807) is 4.40 Å². The SMILES string of the molecule is O=c1/c(=C/c2cccn2-c2ccc(Br)cc2)sc2nc3ccccc3n12. The molecular weight excluding hydrogens is 410 g/mol. The van der Waals surface area contributed by atoms with Crippen LogP contribution in [0.2, 0.25) is 0 Å². The summed E-state index contributed by atoms with van der Waals surface area (Å²) >= 11 is 4.88. The molecule has 0 N–H and O–H groups in total. The van der Waals surface area contributed by atoms with E-state index in [-0.39, 0.29) is 5.56 Å². The molecule has 5 rings (SSSR count). The summed E-state index contributed by atoms with van der Waals surface area (Å²) in [5.41, 5.74) is 3.68. The molecule has 3 heterocycles. The van der Waals surface area contributed by atoms with E-state index >= 15 is 0 Å². The van der Waals surface area contributed by atoms with Crippen LogP contribution in [-0.4, -0.2) is 14.0 Å². The van der Waals surface area contributed by atoms with Gasteiger partial charge in [-0.15, -0.1) is 0 Å². The topological polar surface area (TPSA) is 39.3 Å². The summed E-state index contributed by atoms with van der Waals surface area (Å²) in [4.78, 5) is 18.2. The van der Waals surface area contributed by atoms with Crippen molar-refractivity contribution in [2.24, 2.45) is 0 Å². The zero-order valence-corrected chi connectivity index (χ0v) is 15.9. The van der Waals surface area contributed by atoms with E-state index in [1.807, 2.05) is 72.9 Å². The molecule has 0 saturated heterocycles. The lowest BCUT2D eigenvalue weighted by atomic mass is 10.3. The standard InChI is InChI=1S/C20H12BrN3OS/c21-13-7-9-14(10-8-13)23-11-3-4-15(23)12-18-19(25)24-17-6-2-1-5-16(17)22-20(24)26-18/h1-12H/b18-12-. The minimum atomic E-state index is -0.0257. The van der Waals surface area contributed by atoms with Crippen molar-refractivity contribution >= 4 is 49.3 Å². The molecule has 6 heteroatoms. The van der Waals surface area contributed by atoms with Crippen LogP contribution in [0.3, 0.4) is 0 Å². The molecule has 26 heavy (non-hydrogen) atoms. The lowest BCUT2D eigenvalue weighted by molar-refractivity contribution is 1.06. The maximum atomic E-state index is 12.9. The molecule has 0 spiro atoms. The number of thiazole rings is 1. The Morgan fingerprint density at radius 1 is 1.00 bits per heavy atom. The zero-order chi connectivity index (χ0) is 17.7. The number of hydrogen-bond donors (Lipinski definition) is 0. The molecule has 0 fully saturated rings. The number of halogens is 1. The fourth-order valence-electron chi connectivity index (χ4n) is 3.09. The summed E-state index contributed by atoms with van der Waals surface area (Å²) in [6.07, 6.45) is 3.92. The molecule has 2 aromatic carbocycles. The third-order valence-electron chi connectivity index (χ3n) is 4.31. The Morgan fingerprint density at radius 3 is 2.65 bits per heavy atom. The molecule has 0 aliphatic rings. The Labute approximate surface area is 160 Å². The average Bonchev–Trinajstić information content (AvgIpc) is 3.32. The third-order valence-corrected chi connectivity index (χ3v) is 5.81. The smallest absolute Gasteiger partial charge is 0.275 e. The van der Waals surface area contributed by atoms with Crippen LogP contribution >= 0.6 is 27.3 Å². The molecule has 0 aliphatic carbocycles. The van der Waals surface area contributed by atoms with E-state index in [9.17, 15) is 4.79 Å². The summed E-state index contributed by atoms with van der Waals surface area (Å²) in [6, 6.07) is 19.8. The summed E-state index contributed by atoms with van der Waals surface area (Å²) in [5, 5.41) is 0. The van der Waals surface area contributed by atoms with Gasteiger partial charge in [0.15, 0.2) is 4.96 Å². The zero-order valence-electron chi connectivity index (χ0n) is 13.5. The second-order valence-electron chi connectivity index (χ2n) is 5.91. The first-order valence-electron chi connectivity index (χ1n) is 8.06. The molecule has 0 unspecified atom stereocenters. The number of benzene rings is 2. The first kappa shape index (κ1) is 15.5. The van der Waals surface area contributed by atoms with E-state index in [2.05, 4.69) is 25.5 Å². The molecule has 126 valence electrons. The van der Waals surface area contributed by atoms with Gasteiger partial charge in [-0.2, -0.15) is 0 Å². The van der Waals surface area contributed by atoms with E-state index in [1.165, 1.54) is 11.3 Å². The molecule has 0 radical (unpaired) electrons. The number of imidazole rings is 1. The van der Waals surface area contributed by atoms with Crippen molar-refractivity contribution in [1.82, 2.24) is 14.0 Å². The summed E-state index contributed by atoms with van der Waals surface area (Å²) in [6.45, 7) is 0. The first-order valence-corrected chi connectivity index (χ1v) is 9.67. The van der Waals surface area contributed by atoms with Gasteiger partial charge in [-0.3, -0.25) is 4.79 Å². The second kappa shape index (κ2) is 5.93. The predicted molar refractivity (Wildman–Crippen MR) is 109 cm³/mol. The lowest BCUT2D eigenvalue weighted by Crippen LogP contribution is -2.23. The largest absolute Gasteiger partial charge is 0.317 e.